The maximum absolute atomic E-state index is 10.1. The standard InChI is InChI=1S/C25H31ClN2O4/c1-18-12-20(6-9-24(18)32-15-21(29)13-26)25(2,3)19-4-7-23(8-5-19)31-16-22(30)14-28-11-10-27-17-28/h4-12,17,21-22,29-30H,13-16H2,1-3H3/t21?,22-/m1/s1. The van der Waals surface area contributed by atoms with Crippen molar-refractivity contribution in [2.75, 3.05) is 19.1 Å². The van der Waals surface area contributed by atoms with E-state index in [1.54, 1.807) is 12.5 Å². The first-order valence-electron chi connectivity index (χ1n) is 10.6. The predicted octanol–water partition coefficient (Wildman–Crippen LogP) is 3.94. The molecular formula is C25H31ClN2O4. The number of aliphatic hydroxyl groups is 2. The Labute approximate surface area is 194 Å². The van der Waals surface area contributed by atoms with Crippen molar-refractivity contribution in [2.45, 2.75) is 44.9 Å². The monoisotopic (exact) mass is 458 g/mol. The van der Waals surface area contributed by atoms with E-state index < -0.39 is 12.2 Å². The molecule has 0 saturated carbocycles. The second-order valence-corrected chi connectivity index (χ2v) is 8.78. The number of ether oxygens (including phenoxy) is 2. The number of aromatic nitrogens is 2. The van der Waals surface area contributed by atoms with Gasteiger partial charge in [0.05, 0.1) is 18.8 Å². The number of aliphatic hydroxyl groups excluding tert-OH is 2. The topological polar surface area (TPSA) is 76.7 Å². The van der Waals surface area contributed by atoms with Crippen molar-refractivity contribution in [3.63, 3.8) is 0 Å². The number of rotatable bonds is 11. The lowest BCUT2D eigenvalue weighted by atomic mass is 9.77. The van der Waals surface area contributed by atoms with Gasteiger partial charge in [-0.1, -0.05) is 38.1 Å². The molecule has 2 aromatic carbocycles. The highest BCUT2D eigenvalue weighted by Crippen LogP contribution is 2.34. The number of halogens is 1. The van der Waals surface area contributed by atoms with Crippen molar-refractivity contribution in [1.82, 2.24) is 9.55 Å². The highest BCUT2D eigenvalue weighted by molar-refractivity contribution is 6.18. The maximum atomic E-state index is 10.1. The van der Waals surface area contributed by atoms with E-state index in [-0.39, 0.29) is 24.5 Å². The quantitative estimate of drug-likeness (QED) is 0.426. The van der Waals surface area contributed by atoms with Crippen LogP contribution in [-0.4, -0.2) is 51.1 Å². The molecule has 0 radical (unpaired) electrons. The highest BCUT2D eigenvalue weighted by Gasteiger charge is 2.24. The van der Waals surface area contributed by atoms with E-state index in [1.807, 2.05) is 54.1 Å². The number of hydrogen-bond acceptors (Lipinski definition) is 5. The fourth-order valence-corrected chi connectivity index (χ4v) is 3.54. The average molecular weight is 459 g/mol. The van der Waals surface area contributed by atoms with Crippen LogP contribution >= 0.6 is 11.6 Å². The van der Waals surface area contributed by atoms with E-state index in [1.165, 1.54) is 0 Å². The molecule has 0 bridgehead atoms. The summed E-state index contributed by atoms with van der Waals surface area (Å²) >= 11 is 5.63. The Bertz CT molecular complexity index is 974. The zero-order valence-corrected chi connectivity index (χ0v) is 19.5. The lowest BCUT2D eigenvalue weighted by molar-refractivity contribution is 0.0924. The predicted molar refractivity (Wildman–Crippen MR) is 126 cm³/mol. The van der Waals surface area contributed by atoms with Gasteiger partial charge in [0.15, 0.2) is 0 Å². The van der Waals surface area contributed by atoms with Gasteiger partial charge < -0.3 is 24.3 Å². The third-order valence-corrected chi connectivity index (χ3v) is 5.86. The lowest BCUT2D eigenvalue weighted by Crippen LogP contribution is -2.23. The molecule has 0 aliphatic rings. The molecule has 0 amide bonds. The second-order valence-electron chi connectivity index (χ2n) is 8.47. The van der Waals surface area contributed by atoms with Crippen molar-refractivity contribution in [2.24, 2.45) is 0 Å². The van der Waals surface area contributed by atoms with E-state index in [2.05, 4.69) is 24.9 Å². The fourth-order valence-electron chi connectivity index (χ4n) is 3.45. The third-order valence-electron chi connectivity index (χ3n) is 5.51. The van der Waals surface area contributed by atoms with Gasteiger partial charge in [-0.05, 0) is 41.8 Å². The molecule has 1 heterocycles. The number of nitrogens with zero attached hydrogens (tertiary/aromatic N) is 2. The zero-order valence-electron chi connectivity index (χ0n) is 18.7. The Kier molecular flexibility index (Phi) is 8.18. The normalized spacial score (nSPS) is 13.6. The van der Waals surface area contributed by atoms with Gasteiger partial charge in [0.1, 0.15) is 36.9 Å². The molecule has 2 atom stereocenters. The van der Waals surface area contributed by atoms with Crippen LogP contribution in [0.15, 0.2) is 61.2 Å². The number of benzene rings is 2. The summed E-state index contributed by atoms with van der Waals surface area (Å²) < 4.78 is 13.2. The first kappa shape index (κ1) is 24.1. The van der Waals surface area contributed by atoms with Gasteiger partial charge in [0.25, 0.3) is 0 Å². The Hall–Kier alpha value is -2.54. The molecule has 3 aromatic rings. The van der Waals surface area contributed by atoms with Crippen LogP contribution in [0, 0.1) is 6.92 Å². The minimum Gasteiger partial charge on any atom is -0.491 e. The fraction of sp³-hybridized carbons (Fsp3) is 0.400. The van der Waals surface area contributed by atoms with Gasteiger partial charge in [0, 0.05) is 17.8 Å². The zero-order chi connectivity index (χ0) is 23.1. The van der Waals surface area contributed by atoms with Crippen LogP contribution in [0.5, 0.6) is 11.5 Å². The minimum absolute atomic E-state index is 0.146. The van der Waals surface area contributed by atoms with Crippen LogP contribution < -0.4 is 9.47 Å². The molecule has 0 aliphatic heterocycles. The number of imidazole rings is 1. The Morgan fingerprint density at radius 1 is 1.00 bits per heavy atom. The van der Waals surface area contributed by atoms with Gasteiger partial charge in [-0.25, -0.2) is 4.98 Å². The summed E-state index contributed by atoms with van der Waals surface area (Å²) in [6, 6.07) is 14.1. The summed E-state index contributed by atoms with van der Waals surface area (Å²) in [6.45, 7) is 7.16. The molecule has 1 unspecified atom stereocenters. The molecule has 0 fully saturated rings. The molecule has 3 rings (SSSR count). The molecule has 0 aliphatic carbocycles. The van der Waals surface area contributed by atoms with Crippen LogP contribution in [0.4, 0.5) is 0 Å². The Morgan fingerprint density at radius 2 is 1.69 bits per heavy atom. The van der Waals surface area contributed by atoms with Crippen molar-refractivity contribution >= 4 is 11.6 Å². The largest absolute Gasteiger partial charge is 0.491 e. The molecule has 32 heavy (non-hydrogen) atoms. The van der Waals surface area contributed by atoms with E-state index in [9.17, 15) is 10.2 Å². The molecule has 0 saturated heterocycles. The smallest absolute Gasteiger partial charge is 0.122 e. The SMILES string of the molecule is Cc1cc(C(C)(C)c2ccc(OC[C@H](O)Cn3ccnc3)cc2)ccc1OCC(O)CCl. The molecule has 7 heteroatoms. The molecule has 0 spiro atoms. The maximum Gasteiger partial charge on any atom is 0.122 e. The van der Waals surface area contributed by atoms with Crippen molar-refractivity contribution in [1.29, 1.82) is 0 Å². The van der Waals surface area contributed by atoms with E-state index in [4.69, 9.17) is 21.1 Å². The molecule has 172 valence electrons. The average Bonchev–Trinajstić information content (AvgIpc) is 3.29. The van der Waals surface area contributed by atoms with Crippen molar-refractivity contribution in [3.05, 3.63) is 77.9 Å². The Balaban J connectivity index is 1.62. The summed E-state index contributed by atoms with van der Waals surface area (Å²) in [5.41, 5.74) is 3.08. The number of hydrogen-bond donors (Lipinski definition) is 2. The first-order chi connectivity index (χ1) is 15.3. The second kappa shape index (κ2) is 10.9. The summed E-state index contributed by atoms with van der Waals surface area (Å²) in [5.74, 6) is 1.60. The van der Waals surface area contributed by atoms with Gasteiger partial charge in [0.2, 0.25) is 0 Å². The Morgan fingerprint density at radius 3 is 2.31 bits per heavy atom. The lowest BCUT2D eigenvalue weighted by Gasteiger charge is -2.27. The van der Waals surface area contributed by atoms with Crippen LogP contribution in [0.3, 0.4) is 0 Å². The number of alkyl halides is 1. The van der Waals surface area contributed by atoms with Gasteiger partial charge >= 0.3 is 0 Å². The highest BCUT2D eigenvalue weighted by atomic mass is 35.5. The summed E-state index contributed by atoms with van der Waals surface area (Å²) in [4.78, 5) is 3.97. The molecule has 1 aromatic heterocycles. The number of aryl methyl sites for hydroxylation is 1. The molecule has 2 N–H and O–H groups in total. The molecular weight excluding hydrogens is 428 g/mol. The van der Waals surface area contributed by atoms with Crippen molar-refractivity contribution < 1.29 is 19.7 Å². The van der Waals surface area contributed by atoms with Crippen LogP contribution in [0.1, 0.15) is 30.5 Å². The summed E-state index contributed by atoms with van der Waals surface area (Å²) in [5, 5.41) is 19.7. The van der Waals surface area contributed by atoms with Crippen molar-refractivity contribution in [3.8, 4) is 11.5 Å². The van der Waals surface area contributed by atoms with Gasteiger partial charge in [-0.3, -0.25) is 0 Å². The van der Waals surface area contributed by atoms with E-state index in [0.29, 0.717) is 12.3 Å². The van der Waals surface area contributed by atoms with Crippen LogP contribution in [0.2, 0.25) is 0 Å². The van der Waals surface area contributed by atoms with Gasteiger partial charge in [-0.15, -0.1) is 11.6 Å². The molecule has 6 nitrogen and oxygen atoms in total. The van der Waals surface area contributed by atoms with Crippen LogP contribution in [0.25, 0.3) is 0 Å². The summed E-state index contributed by atoms with van der Waals surface area (Å²) in [6.07, 6.45) is 3.87. The van der Waals surface area contributed by atoms with Gasteiger partial charge in [-0.2, -0.15) is 0 Å². The van der Waals surface area contributed by atoms with Crippen LogP contribution in [-0.2, 0) is 12.0 Å². The van der Waals surface area contributed by atoms with E-state index in [0.717, 1.165) is 22.4 Å². The third kappa shape index (κ3) is 6.25. The first-order valence-corrected chi connectivity index (χ1v) is 11.2. The summed E-state index contributed by atoms with van der Waals surface area (Å²) in [7, 11) is 0. The van der Waals surface area contributed by atoms with E-state index >= 15 is 0 Å². The minimum atomic E-state index is -0.681.